The number of carbonyl (C=O) groups is 2. The van der Waals surface area contributed by atoms with Gasteiger partial charge in [-0.1, -0.05) is 11.6 Å². The van der Waals surface area contributed by atoms with Crippen LogP contribution in [0.4, 0.5) is 23.2 Å². The molecule has 0 radical (unpaired) electrons. The van der Waals surface area contributed by atoms with Gasteiger partial charge in [-0.25, -0.2) is 14.4 Å². The Kier molecular flexibility index (Phi) is 6.36. The Morgan fingerprint density at radius 3 is 2.62 bits per heavy atom. The summed E-state index contributed by atoms with van der Waals surface area (Å²) in [5.74, 6) is -2.52. The van der Waals surface area contributed by atoms with Gasteiger partial charge in [0.25, 0.3) is 11.8 Å². The topological polar surface area (TPSA) is 93.7 Å². The summed E-state index contributed by atoms with van der Waals surface area (Å²) in [7, 11) is 0. The highest BCUT2D eigenvalue weighted by molar-refractivity contribution is 6.31. The van der Waals surface area contributed by atoms with Crippen LogP contribution in [0.1, 0.15) is 16.2 Å². The van der Waals surface area contributed by atoms with Gasteiger partial charge in [-0.15, -0.1) is 0 Å². The molecule has 5 rings (SSSR count). The molecule has 2 aromatic carbocycles. The van der Waals surface area contributed by atoms with E-state index >= 15 is 0 Å². The van der Waals surface area contributed by atoms with Crippen LogP contribution >= 0.6 is 11.6 Å². The lowest BCUT2D eigenvalue weighted by Gasteiger charge is -2.39. The number of likely N-dealkylation sites (tertiary alicyclic amines) is 1. The molecule has 2 amide bonds. The van der Waals surface area contributed by atoms with Crippen LogP contribution in [0.5, 0.6) is 11.5 Å². The number of benzene rings is 2. The Morgan fingerprint density at radius 2 is 1.92 bits per heavy atom. The third-order valence-electron chi connectivity index (χ3n) is 5.81. The van der Waals surface area contributed by atoms with Crippen LogP contribution in [0, 0.1) is 11.7 Å². The molecule has 2 aliphatic heterocycles. The van der Waals surface area contributed by atoms with Crippen molar-refractivity contribution in [1.29, 1.82) is 0 Å². The van der Waals surface area contributed by atoms with Crippen molar-refractivity contribution in [2.45, 2.75) is 6.18 Å². The fourth-order valence-corrected chi connectivity index (χ4v) is 4.12. The van der Waals surface area contributed by atoms with Crippen molar-refractivity contribution in [3.63, 3.8) is 0 Å². The number of ether oxygens (including phenoxy) is 2. The van der Waals surface area contributed by atoms with E-state index in [1.54, 1.807) is 12.1 Å². The van der Waals surface area contributed by atoms with Crippen molar-refractivity contribution < 1.29 is 36.6 Å². The van der Waals surface area contributed by atoms with Gasteiger partial charge >= 0.3 is 6.18 Å². The van der Waals surface area contributed by atoms with Crippen LogP contribution in [0.25, 0.3) is 11.1 Å². The van der Waals surface area contributed by atoms with Crippen molar-refractivity contribution in [3.8, 4) is 22.6 Å². The second kappa shape index (κ2) is 9.51. The number of alkyl halides is 3. The second-order valence-electron chi connectivity index (χ2n) is 8.49. The van der Waals surface area contributed by atoms with E-state index in [4.69, 9.17) is 21.1 Å². The van der Waals surface area contributed by atoms with E-state index in [0.717, 1.165) is 18.5 Å². The number of carbonyl (C=O) groups excluding carboxylic acids is 2. The number of hydrogen-bond acceptors (Lipinski definition) is 6. The van der Waals surface area contributed by atoms with Crippen molar-refractivity contribution in [1.82, 2.24) is 14.9 Å². The van der Waals surface area contributed by atoms with Crippen molar-refractivity contribution >= 4 is 29.1 Å². The summed E-state index contributed by atoms with van der Waals surface area (Å²) < 4.78 is 63.9. The molecule has 2 aliphatic rings. The zero-order chi connectivity index (χ0) is 26.3. The highest BCUT2D eigenvalue weighted by atomic mass is 35.5. The Balaban J connectivity index is 1.23. The molecule has 3 aromatic rings. The highest BCUT2D eigenvalue weighted by Crippen LogP contribution is 2.35. The second-order valence-corrected chi connectivity index (χ2v) is 8.92. The zero-order valence-electron chi connectivity index (χ0n) is 18.8. The van der Waals surface area contributed by atoms with Crippen LogP contribution in [0.2, 0.25) is 5.02 Å². The largest absolute Gasteiger partial charge is 0.493 e. The third-order valence-corrected chi connectivity index (χ3v) is 6.04. The van der Waals surface area contributed by atoms with E-state index in [1.165, 1.54) is 17.0 Å². The average Bonchev–Trinajstić information content (AvgIpc) is 2.83. The van der Waals surface area contributed by atoms with E-state index < -0.39 is 29.6 Å². The molecular weight excluding hydrogens is 520 g/mol. The van der Waals surface area contributed by atoms with Gasteiger partial charge in [0, 0.05) is 53.6 Å². The molecule has 0 unspecified atom stereocenters. The lowest BCUT2D eigenvalue weighted by molar-refractivity contribution is -0.145. The zero-order valence-corrected chi connectivity index (χ0v) is 19.6. The van der Waals surface area contributed by atoms with Crippen LogP contribution < -0.4 is 14.8 Å². The van der Waals surface area contributed by atoms with Crippen molar-refractivity contribution in [2.24, 2.45) is 5.92 Å². The van der Waals surface area contributed by atoms with Gasteiger partial charge in [0.2, 0.25) is 5.82 Å². The number of hydrogen-bond donors (Lipinski definition) is 1. The predicted molar refractivity (Wildman–Crippen MR) is 123 cm³/mol. The molecule has 1 fully saturated rings. The predicted octanol–water partition coefficient (Wildman–Crippen LogP) is 4.44. The number of nitrogens with one attached hydrogen (secondary N) is 1. The molecule has 1 saturated heterocycles. The molecule has 13 heteroatoms. The van der Waals surface area contributed by atoms with E-state index in [0.29, 0.717) is 29.4 Å². The molecule has 0 bridgehead atoms. The van der Waals surface area contributed by atoms with Crippen LogP contribution in [0.15, 0.2) is 42.7 Å². The Hall–Kier alpha value is -3.93. The van der Waals surface area contributed by atoms with Gasteiger partial charge in [-0.3, -0.25) is 9.59 Å². The Bertz CT molecular complexity index is 1380. The first-order valence-electron chi connectivity index (χ1n) is 11.0. The third kappa shape index (κ3) is 5.15. The minimum absolute atomic E-state index is 0.0694. The molecule has 37 heavy (non-hydrogen) atoms. The number of amides is 2. The summed E-state index contributed by atoms with van der Waals surface area (Å²) in [5.41, 5.74) is 0.735. The van der Waals surface area contributed by atoms with Crippen LogP contribution in [-0.2, 0) is 11.0 Å². The molecule has 192 valence electrons. The number of aromatic nitrogens is 2. The summed E-state index contributed by atoms with van der Waals surface area (Å²) in [6.07, 6.45) is -2.58. The molecule has 1 N–H and O–H groups in total. The van der Waals surface area contributed by atoms with Gasteiger partial charge in [0.15, 0.2) is 6.61 Å². The fourth-order valence-electron chi connectivity index (χ4n) is 3.95. The van der Waals surface area contributed by atoms with Gasteiger partial charge in [0.1, 0.15) is 17.3 Å². The molecule has 0 saturated carbocycles. The van der Waals surface area contributed by atoms with E-state index in [-0.39, 0.29) is 41.7 Å². The SMILES string of the molecule is O=C1COc2cc(F)c(C(=O)N3CC(COc4ccc(Cl)cc4-c4cnc(C(F)(F)F)nc4)C3)cc2N1. The van der Waals surface area contributed by atoms with Crippen molar-refractivity contribution in [2.75, 3.05) is 31.6 Å². The number of halogens is 5. The van der Waals surface area contributed by atoms with Crippen LogP contribution in [-0.4, -0.2) is 53.0 Å². The van der Waals surface area contributed by atoms with Gasteiger partial charge in [0.05, 0.1) is 17.9 Å². The quantitative estimate of drug-likeness (QED) is 0.485. The molecule has 3 heterocycles. The summed E-state index contributed by atoms with van der Waals surface area (Å²) in [6.45, 7) is 0.556. The standard InChI is InChI=1S/C24H17ClF4N4O4/c25-14-1-2-19(15(3-14)13-6-30-23(31-7-13)24(27,28)29)36-10-12-8-33(9-12)22(35)16-4-18-20(5-17(16)26)37-11-21(34)32-18/h1-7,12H,8-11H2,(H,32,34). The molecule has 0 spiro atoms. The van der Waals surface area contributed by atoms with Gasteiger partial charge < -0.3 is 19.7 Å². The minimum Gasteiger partial charge on any atom is -0.493 e. The first kappa shape index (κ1) is 24.8. The molecule has 1 aromatic heterocycles. The number of fused-ring (bicyclic) bond motifs is 1. The maximum atomic E-state index is 14.5. The highest BCUT2D eigenvalue weighted by Gasteiger charge is 2.35. The maximum Gasteiger partial charge on any atom is 0.451 e. The summed E-state index contributed by atoms with van der Waals surface area (Å²) >= 11 is 6.07. The lowest BCUT2D eigenvalue weighted by Crippen LogP contribution is -2.52. The van der Waals surface area contributed by atoms with Crippen LogP contribution in [0.3, 0.4) is 0 Å². The summed E-state index contributed by atoms with van der Waals surface area (Å²) in [6, 6.07) is 7.00. The Labute approximate surface area is 212 Å². The summed E-state index contributed by atoms with van der Waals surface area (Å²) in [5, 5.41) is 2.89. The molecule has 0 aliphatic carbocycles. The first-order chi connectivity index (χ1) is 17.6. The number of anilines is 1. The Morgan fingerprint density at radius 1 is 1.19 bits per heavy atom. The maximum absolute atomic E-state index is 14.5. The normalized spacial score (nSPS) is 15.4. The number of nitrogens with zero attached hydrogens (tertiary/aromatic N) is 3. The lowest BCUT2D eigenvalue weighted by atomic mass is 9.99. The monoisotopic (exact) mass is 536 g/mol. The van der Waals surface area contributed by atoms with E-state index in [2.05, 4.69) is 15.3 Å². The van der Waals surface area contributed by atoms with Gasteiger partial charge in [-0.2, -0.15) is 13.2 Å². The average molecular weight is 537 g/mol. The first-order valence-corrected chi connectivity index (χ1v) is 11.3. The summed E-state index contributed by atoms with van der Waals surface area (Å²) in [4.78, 5) is 32.5. The molecule has 8 nitrogen and oxygen atoms in total. The van der Waals surface area contributed by atoms with Gasteiger partial charge in [-0.05, 0) is 24.3 Å². The van der Waals surface area contributed by atoms with Crippen molar-refractivity contribution in [3.05, 3.63) is 65.0 Å². The number of rotatable bonds is 5. The van der Waals surface area contributed by atoms with E-state index in [1.807, 2.05) is 0 Å². The van der Waals surface area contributed by atoms with E-state index in [9.17, 15) is 27.2 Å². The fraction of sp³-hybridized carbons (Fsp3) is 0.250. The molecular formula is C24H17ClF4N4O4. The minimum atomic E-state index is -4.66. The molecule has 0 atom stereocenters. The smallest absolute Gasteiger partial charge is 0.451 e.